The molecule has 0 amide bonds. The molecule has 280 valence electrons. The zero-order valence-electron chi connectivity index (χ0n) is 29.2. The highest BCUT2D eigenvalue weighted by molar-refractivity contribution is 8.19. The topological polar surface area (TPSA) is 254 Å². The Hall–Kier alpha value is -3.15. The summed E-state index contributed by atoms with van der Waals surface area (Å²) >= 11 is 0. The first-order chi connectivity index (χ1) is 21.3. The molecule has 0 bridgehead atoms. The van der Waals surface area contributed by atoms with E-state index in [9.17, 15) is 28.8 Å². The molecular formula is C25H54O20S. The Morgan fingerprint density at radius 1 is 0.478 bits per heavy atom. The molecule has 0 aliphatic rings. The fourth-order valence-corrected chi connectivity index (χ4v) is 0.872. The molecular weight excluding hydrogens is 652 g/mol. The Balaban J connectivity index is -0.0000000797. The fraction of sp³-hybridized carbons (Fsp3) is 0.760. The van der Waals surface area contributed by atoms with E-state index >= 15 is 0 Å². The number of rotatable bonds is 11. The lowest BCUT2D eigenvalue weighted by molar-refractivity contribution is -0.159. The maximum absolute atomic E-state index is 10.5. The largest absolute Gasteiger partial charge is 0.469 e. The SMILES string of the molecule is COC.COC(=O)COC(C)=O.COC(C)=O.COCC(=O)OC.COCC(=O)OCC(=O)OC.COCOC.COS(C)(O)O. The average molecular weight is 707 g/mol. The first-order valence-electron chi connectivity index (χ1n) is 12.0. The van der Waals surface area contributed by atoms with Crippen molar-refractivity contribution >= 4 is 46.7 Å². The van der Waals surface area contributed by atoms with Crippen LogP contribution < -0.4 is 0 Å². The number of carbonyl (C=O) groups excluding carboxylic acids is 6. The molecule has 2 N–H and O–H groups in total. The van der Waals surface area contributed by atoms with E-state index in [1.54, 1.807) is 28.4 Å². The number of hydrogen-bond acceptors (Lipinski definition) is 20. The molecule has 0 heterocycles. The second-order valence-corrected chi connectivity index (χ2v) is 8.62. The van der Waals surface area contributed by atoms with E-state index in [2.05, 4.69) is 56.3 Å². The number of esters is 6. The van der Waals surface area contributed by atoms with Crippen LogP contribution in [0.4, 0.5) is 0 Å². The van der Waals surface area contributed by atoms with Crippen molar-refractivity contribution in [1.29, 1.82) is 0 Å². The summed E-state index contributed by atoms with van der Waals surface area (Å²) in [4.78, 5) is 60.8. The highest BCUT2D eigenvalue weighted by atomic mass is 32.3. The van der Waals surface area contributed by atoms with Gasteiger partial charge in [-0.3, -0.25) is 13.8 Å². The van der Waals surface area contributed by atoms with Crippen LogP contribution in [0, 0.1) is 0 Å². The Kier molecular flexibility index (Phi) is 61.9. The summed E-state index contributed by atoms with van der Waals surface area (Å²) in [5.41, 5.74) is 0. The molecule has 0 aromatic carbocycles. The molecule has 0 unspecified atom stereocenters. The van der Waals surface area contributed by atoms with Gasteiger partial charge in [0.25, 0.3) is 0 Å². The van der Waals surface area contributed by atoms with Crippen LogP contribution in [0.1, 0.15) is 13.8 Å². The van der Waals surface area contributed by atoms with Crippen molar-refractivity contribution in [3.8, 4) is 0 Å². The van der Waals surface area contributed by atoms with Crippen LogP contribution in [0.2, 0.25) is 0 Å². The van der Waals surface area contributed by atoms with Gasteiger partial charge in [-0.05, 0) is 0 Å². The van der Waals surface area contributed by atoms with Gasteiger partial charge >= 0.3 is 35.8 Å². The lowest BCUT2D eigenvalue weighted by Crippen LogP contribution is -2.17. The van der Waals surface area contributed by atoms with Gasteiger partial charge in [-0.25, -0.2) is 19.2 Å². The Labute approximate surface area is 272 Å². The zero-order chi connectivity index (χ0) is 38.0. The third kappa shape index (κ3) is 97.1. The molecule has 0 aliphatic heterocycles. The van der Waals surface area contributed by atoms with E-state index in [4.69, 9.17) is 9.11 Å². The molecule has 0 rings (SSSR count). The second-order valence-electron chi connectivity index (χ2n) is 6.76. The van der Waals surface area contributed by atoms with E-state index < -0.39 is 34.7 Å². The lowest BCUT2D eigenvalue weighted by Gasteiger charge is -2.16. The van der Waals surface area contributed by atoms with Crippen molar-refractivity contribution < 1.29 is 94.2 Å². The van der Waals surface area contributed by atoms with Crippen LogP contribution in [-0.4, -0.2) is 163 Å². The van der Waals surface area contributed by atoms with E-state index in [0.29, 0.717) is 6.79 Å². The number of ether oxygens (including phenoxy) is 11. The molecule has 0 aliphatic carbocycles. The van der Waals surface area contributed by atoms with Crippen LogP contribution >= 0.6 is 10.9 Å². The normalized spacial score (nSPS) is 8.96. The smallest absolute Gasteiger partial charge is 0.344 e. The van der Waals surface area contributed by atoms with Gasteiger partial charge in [0.1, 0.15) is 20.0 Å². The van der Waals surface area contributed by atoms with Crippen LogP contribution in [0.5, 0.6) is 0 Å². The van der Waals surface area contributed by atoms with E-state index in [1.807, 2.05) is 0 Å². The fourth-order valence-electron chi connectivity index (χ4n) is 0.872. The minimum Gasteiger partial charge on any atom is -0.469 e. The maximum atomic E-state index is 10.5. The van der Waals surface area contributed by atoms with Crippen molar-refractivity contribution in [2.75, 3.05) is 118 Å². The van der Waals surface area contributed by atoms with Gasteiger partial charge in [0.2, 0.25) is 0 Å². The first kappa shape index (κ1) is 58.4. The molecule has 0 saturated heterocycles. The molecule has 21 heteroatoms. The van der Waals surface area contributed by atoms with Crippen LogP contribution in [-0.2, 0) is 85.1 Å². The monoisotopic (exact) mass is 706 g/mol. The summed E-state index contributed by atoms with van der Waals surface area (Å²) in [6.07, 6.45) is 1.22. The van der Waals surface area contributed by atoms with E-state index in [0.717, 1.165) is 0 Å². The van der Waals surface area contributed by atoms with Gasteiger partial charge in [-0.1, -0.05) is 0 Å². The predicted molar refractivity (Wildman–Crippen MR) is 163 cm³/mol. The van der Waals surface area contributed by atoms with Gasteiger partial charge in [-0.2, -0.15) is 0 Å². The van der Waals surface area contributed by atoms with Gasteiger partial charge < -0.3 is 61.2 Å². The first-order valence-corrected chi connectivity index (χ1v) is 13.9. The van der Waals surface area contributed by atoms with Crippen LogP contribution in [0.25, 0.3) is 0 Å². The second kappa shape index (κ2) is 48.7. The molecule has 0 radical (unpaired) electrons. The predicted octanol–water partition coefficient (Wildman–Crippen LogP) is 0.484. The van der Waals surface area contributed by atoms with Gasteiger partial charge in [-0.15, -0.1) is 0 Å². The molecule has 0 spiro atoms. The quantitative estimate of drug-likeness (QED) is 0.168. The van der Waals surface area contributed by atoms with Gasteiger partial charge in [0, 0.05) is 62.8 Å². The molecule has 20 nitrogen and oxygen atoms in total. The van der Waals surface area contributed by atoms with Crippen molar-refractivity contribution in [2.24, 2.45) is 0 Å². The summed E-state index contributed by atoms with van der Waals surface area (Å²) in [5.74, 6) is -2.80. The van der Waals surface area contributed by atoms with Crippen molar-refractivity contribution in [3.05, 3.63) is 0 Å². The van der Waals surface area contributed by atoms with E-state index in [1.165, 1.54) is 69.9 Å². The van der Waals surface area contributed by atoms with Crippen molar-refractivity contribution in [2.45, 2.75) is 13.8 Å². The summed E-state index contributed by atoms with van der Waals surface area (Å²) in [6.45, 7) is 2.20. The minimum atomic E-state index is -2.66. The minimum absolute atomic E-state index is 0.0382. The summed E-state index contributed by atoms with van der Waals surface area (Å²) in [7, 11) is 12.9. The molecule has 46 heavy (non-hydrogen) atoms. The maximum Gasteiger partial charge on any atom is 0.344 e. The average Bonchev–Trinajstić information content (AvgIpc) is 3.00. The Morgan fingerprint density at radius 3 is 0.935 bits per heavy atom. The molecule has 0 atom stereocenters. The van der Waals surface area contributed by atoms with Gasteiger partial charge in [0.15, 0.2) is 13.2 Å². The summed E-state index contributed by atoms with van der Waals surface area (Å²) in [6, 6.07) is 0. The molecule has 0 aromatic rings. The van der Waals surface area contributed by atoms with Crippen molar-refractivity contribution in [3.63, 3.8) is 0 Å². The van der Waals surface area contributed by atoms with Gasteiger partial charge in [0.05, 0.1) is 46.4 Å². The highest BCUT2D eigenvalue weighted by Gasteiger charge is 2.05. The number of methoxy groups -OCH3 is 9. The molecule has 0 fully saturated rings. The molecule has 0 saturated carbocycles. The third-order valence-corrected chi connectivity index (χ3v) is 3.42. The van der Waals surface area contributed by atoms with Crippen LogP contribution in [0.15, 0.2) is 0 Å². The summed E-state index contributed by atoms with van der Waals surface area (Å²) in [5, 5.41) is 0. The summed E-state index contributed by atoms with van der Waals surface area (Å²) < 4.78 is 68.1. The lowest BCUT2D eigenvalue weighted by atomic mass is 10.7. The Morgan fingerprint density at radius 2 is 0.761 bits per heavy atom. The molecule has 0 aromatic heterocycles. The van der Waals surface area contributed by atoms with Crippen molar-refractivity contribution in [1.82, 2.24) is 0 Å². The number of hydrogen-bond donors (Lipinski definition) is 2. The third-order valence-electron chi connectivity index (χ3n) is 2.79. The zero-order valence-corrected chi connectivity index (χ0v) is 30.0. The number of carbonyl (C=O) groups is 6. The Bertz CT molecular complexity index is 710. The highest BCUT2D eigenvalue weighted by Crippen LogP contribution is 2.32. The van der Waals surface area contributed by atoms with Crippen LogP contribution in [0.3, 0.4) is 0 Å². The standard InChI is InChI=1S/C6H10O5.C5H8O4.C4H8O3.C3H8O2.C3H6O2.C2H8O3S.C2H6O/c1-9-3-6(8)11-4-5(7)10-2;1-4(6)9-3-5(7)8-2;1-6-3-4(5)7-2;1-4-3-5-2;1-3(4)5-2;1-5-6(2,3)4;1-3-2/h3-4H2,1-2H3;3H2,1-2H3;3H2,1-2H3;3H2,1-2H3;1-2H3;3-4H,1-2H3;1-2H3. The van der Waals surface area contributed by atoms with E-state index in [-0.39, 0.29) is 38.4 Å².